The molecule has 94 valence electrons. The third-order valence-corrected chi connectivity index (χ3v) is 4.36. The van der Waals surface area contributed by atoms with E-state index < -0.39 is 0 Å². The second-order valence-electron chi connectivity index (χ2n) is 4.64. The van der Waals surface area contributed by atoms with E-state index in [0.717, 1.165) is 19.4 Å². The molecule has 0 aromatic heterocycles. The van der Waals surface area contributed by atoms with Gasteiger partial charge in [0.05, 0.1) is 0 Å². The zero-order chi connectivity index (χ0) is 12.0. The van der Waals surface area contributed by atoms with Gasteiger partial charge in [0.25, 0.3) is 0 Å². The lowest BCUT2D eigenvalue weighted by molar-refractivity contribution is -0.131. The van der Waals surface area contributed by atoms with Gasteiger partial charge in [-0.25, -0.2) is 0 Å². The highest BCUT2D eigenvalue weighted by Gasteiger charge is 2.19. The van der Waals surface area contributed by atoms with Crippen LogP contribution in [0.3, 0.4) is 0 Å². The van der Waals surface area contributed by atoms with Gasteiger partial charge in [-0.05, 0) is 43.6 Å². The van der Waals surface area contributed by atoms with Crippen LogP contribution in [0.4, 0.5) is 0 Å². The number of thioether (sulfide) groups is 1. The molecule has 1 rings (SSSR count). The summed E-state index contributed by atoms with van der Waals surface area (Å²) >= 11 is 7.88. The largest absolute Gasteiger partial charge is 0.346 e. The van der Waals surface area contributed by atoms with Gasteiger partial charge in [0.1, 0.15) is 0 Å². The van der Waals surface area contributed by atoms with Crippen molar-refractivity contribution in [2.75, 3.05) is 25.1 Å². The van der Waals surface area contributed by atoms with Crippen molar-refractivity contribution in [3.05, 3.63) is 0 Å². The molecule has 0 aromatic rings. The number of nitrogens with zero attached hydrogens (tertiary/aromatic N) is 1. The van der Waals surface area contributed by atoms with Crippen LogP contribution in [0.25, 0.3) is 0 Å². The van der Waals surface area contributed by atoms with Crippen molar-refractivity contribution >= 4 is 29.3 Å². The molecule has 0 aliphatic carbocycles. The predicted octanol–water partition coefficient (Wildman–Crippen LogP) is 3.00. The Bertz CT molecular complexity index is 217. The fraction of sp³-hybridized carbons (Fsp3) is 0.917. The van der Waals surface area contributed by atoms with E-state index in [2.05, 4.69) is 0 Å². The molecule has 0 N–H and O–H groups in total. The highest BCUT2D eigenvalue weighted by molar-refractivity contribution is 7.99. The quantitative estimate of drug-likeness (QED) is 0.711. The molecule has 0 bridgehead atoms. The van der Waals surface area contributed by atoms with Gasteiger partial charge >= 0.3 is 0 Å². The van der Waals surface area contributed by atoms with E-state index >= 15 is 0 Å². The van der Waals surface area contributed by atoms with Crippen molar-refractivity contribution in [3.63, 3.8) is 0 Å². The number of rotatable bonds is 5. The highest BCUT2D eigenvalue weighted by atomic mass is 35.5. The van der Waals surface area contributed by atoms with E-state index in [1.807, 2.05) is 30.6 Å². The van der Waals surface area contributed by atoms with Crippen LogP contribution >= 0.6 is 23.4 Å². The van der Waals surface area contributed by atoms with Gasteiger partial charge in [0.15, 0.2) is 0 Å². The van der Waals surface area contributed by atoms with Crippen molar-refractivity contribution in [2.45, 2.75) is 38.0 Å². The Morgan fingerprint density at radius 3 is 2.69 bits per heavy atom. The van der Waals surface area contributed by atoms with E-state index in [1.54, 1.807) is 0 Å². The highest BCUT2D eigenvalue weighted by Crippen LogP contribution is 2.25. The fourth-order valence-corrected chi connectivity index (χ4v) is 3.15. The summed E-state index contributed by atoms with van der Waals surface area (Å²) in [5, 5.41) is 0.154. The Morgan fingerprint density at radius 2 is 2.12 bits per heavy atom. The summed E-state index contributed by atoms with van der Waals surface area (Å²) in [6.07, 6.45) is 4.02. The second-order valence-corrected chi connectivity index (χ2v) is 6.61. The predicted molar refractivity (Wildman–Crippen MR) is 72.2 cm³/mol. The number of hydrogen-bond acceptors (Lipinski definition) is 2. The van der Waals surface area contributed by atoms with Crippen LogP contribution in [0, 0.1) is 5.92 Å². The summed E-state index contributed by atoms with van der Waals surface area (Å²) in [6, 6.07) is 0. The Kier molecular flexibility index (Phi) is 6.59. The fourth-order valence-electron chi connectivity index (χ4n) is 1.85. The minimum absolute atomic E-state index is 0.154. The SMILES string of the molecule is CC(Cl)CCN(C)C(=O)CC1CCSCC1. The Balaban J connectivity index is 2.22. The lowest BCUT2D eigenvalue weighted by Gasteiger charge is -2.24. The van der Waals surface area contributed by atoms with Crippen LogP contribution < -0.4 is 0 Å². The van der Waals surface area contributed by atoms with Crippen molar-refractivity contribution in [3.8, 4) is 0 Å². The molecule has 0 spiro atoms. The van der Waals surface area contributed by atoms with Crippen LogP contribution in [0.5, 0.6) is 0 Å². The molecule has 1 fully saturated rings. The average molecular weight is 264 g/mol. The molecule has 1 amide bonds. The molecule has 1 unspecified atom stereocenters. The van der Waals surface area contributed by atoms with Gasteiger partial charge in [-0.2, -0.15) is 11.8 Å². The molecule has 1 aliphatic rings. The van der Waals surface area contributed by atoms with Crippen molar-refractivity contribution in [2.24, 2.45) is 5.92 Å². The molecule has 2 nitrogen and oxygen atoms in total. The van der Waals surface area contributed by atoms with Crippen molar-refractivity contribution in [1.29, 1.82) is 0 Å². The Morgan fingerprint density at radius 1 is 1.50 bits per heavy atom. The van der Waals surface area contributed by atoms with Crippen molar-refractivity contribution in [1.82, 2.24) is 4.90 Å². The van der Waals surface area contributed by atoms with Gasteiger partial charge < -0.3 is 4.90 Å². The molecule has 1 saturated heterocycles. The van der Waals surface area contributed by atoms with Crippen LogP contribution in [0.15, 0.2) is 0 Å². The molecular weight excluding hydrogens is 242 g/mol. The number of hydrogen-bond donors (Lipinski definition) is 0. The number of carbonyl (C=O) groups excluding carboxylic acids is 1. The van der Waals surface area contributed by atoms with E-state index in [0.29, 0.717) is 5.92 Å². The third-order valence-electron chi connectivity index (χ3n) is 3.09. The summed E-state index contributed by atoms with van der Waals surface area (Å²) in [5.41, 5.74) is 0. The van der Waals surface area contributed by atoms with Gasteiger partial charge in [0.2, 0.25) is 5.91 Å². The number of halogens is 1. The Labute approximate surface area is 108 Å². The van der Waals surface area contributed by atoms with Crippen LogP contribution in [0.1, 0.15) is 32.6 Å². The number of carbonyl (C=O) groups is 1. The summed E-state index contributed by atoms with van der Waals surface area (Å²) < 4.78 is 0. The number of amides is 1. The molecule has 16 heavy (non-hydrogen) atoms. The van der Waals surface area contributed by atoms with Crippen molar-refractivity contribution < 1.29 is 4.79 Å². The first-order valence-electron chi connectivity index (χ1n) is 6.05. The van der Waals surface area contributed by atoms with E-state index in [1.165, 1.54) is 24.3 Å². The minimum atomic E-state index is 0.154. The Hall–Kier alpha value is 0.110. The molecule has 1 aliphatic heterocycles. The molecular formula is C12H22ClNOS. The second kappa shape index (κ2) is 7.44. The van der Waals surface area contributed by atoms with Gasteiger partial charge in [-0.1, -0.05) is 0 Å². The maximum atomic E-state index is 11.9. The molecule has 4 heteroatoms. The molecule has 0 aromatic carbocycles. The van der Waals surface area contributed by atoms with Gasteiger partial charge in [-0.3, -0.25) is 4.79 Å². The molecule has 1 heterocycles. The average Bonchev–Trinajstić information content (AvgIpc) is 2.27. The summed E-state index contributed by atoms with van der Waals surface area (Å²) in [4.78, 5) is 13.7. The minimum Gasteiger partial charge on any atom is -0.346 e. The van der Waals surface area contributed by atoms with Crippen LogP contribution in [-0.4, -0.2) is 41.3 Å². The van der Waals surface area contributed by atoms with Crippen LogP contribution in [-0.2, 0) is 4.79 Å². The zero-order valence-electron chi connectivity index (χ0n) is 10.2. The zero-order valence-corrected chi connectivity index (χ0v) is 11.8. The molecule has 1 atom stereocenters. The van der Waals surface area contributed by atoms with Gasteiger partial charge in [0, 0.05) is 25.4 Å². The maximum absolute atomic E-state index is 11.9. The first-order chi connectivity index (χ1) is 7.59. The molecule has 0 saturated carbocycles. The summed E-state index contributed by atoms with van der Waals surface area (Å²) in [7, 11) is 1.89. The summed E-state index contributed by atoms with van der Waals surface area (Å²) in [5.74, 6) is 3.35. The van der Waals surface area contributed by atoms with Crippen LogP contribution in [0.2, 0.25) is 0 Å². The third kappa shape index (κ3) is 5.44. The lowest BCUT2D eigenvalue weighted by atomic mass is 9.98. The first kappa shape index (κ1) is 14.2. The van der Waals surface area contributed by atoms with E-state index in [-0.39, 0.29) is 11.3 Å². The number of alkyl halides is 1. The first-order valence-corrected chi connectivity index (χ1v) is 7.64. The van der Waals surface area contributed by atoms with E-state index in [4.69, 9.17) is 11.6 Å². The molecule has 0 radical (unpaired) electrons. The maximum Gasteiger partial charge on any atom is 0.222 e. The normalized spacial score (nSPS) is 19.4. The smallest absolute Gasteiger partial charge is 0.222 e. The topological polar surface area (TPSA) is 20.3 Å². The van der Waals surface area contributed by atoms with E-state index in [9.17, 15) is 4.79 Å². The summed E-state index contributed by atoms with van der Waals surface area (Å²) in [6.45, 7) is 2.75. The lowest BCUT2D eigenvalue weighted by Crippen LogP contribution is -2.31. The van der Waals surface area contributed by atoms with Gasteiger partial charge in [-0.15, -0.1) is 11.6 Å². The standard InChI is InChI=1S/C12H22ClNOS/c1-10(13)3-6-14(2)12(15)9-11-4-7-16-8-5-11/h10-11H,3-9H2,1-2H3. The monoisotopic (exact) mass is 263 g/mol.